The van der Waals surface area contributed by atoms with Crippen molar-refractivity contribution in [2.75, 3.05) is 55.6 Å². The highest BCUT2D eigenvalue weighted by Crippen LogP contribution is 2.32. The maximum Gasteiger partial charge on any atom is 0.262 e. The first kappa shape index (κ1) is 37.3. The van der Waals surface area contributed by atoms with E-state index in [0.717, 1.165) is 88.5 Å². The van der Waals surface area contributed by atoms with Gasteiger partial charge >= 0.3 is 0 Å². The number of aromatic nitrogens is 2. The minimum Gasteiger partial charge on any atom is -0.490 e. The molecule has 0 bridgehead atoms. The van der Waals surface area contributed by atoms with Crippen molar-refractivity contribution in [2.45, 2.75) is 63.1 Å². The predicted molar refractivity (Wildman–Crippen MR) is 204 cm³/mol. The second kappa shape index (κ2) is 15.9. The number of carbonyl (C=O) groups is 5. The van der Waals surface area contributed by atoms with Crippen molar-refractivity contribution in [3.05, 3.63) is 76.1 Å². The molecule has 0 radical (unpaired) electrons. The van der Waals surface area contributed by atoms with Crippen molar-refractivity contribution in [2.24, 2.45) is 5.92 Å². The molecule has 4 aliphatic heterocycles. The quantitative estimate of drug-likeness (QED) is 0.304. The minimum absolute atomic E-state index is 0.0178. The second-order valence-corrected chi connectivity index (χ2v) is 15.6. The summed E-state index contributed by atoms with van der Waals surface area (Å²) >= 11 is 6.14. The molecule has 16 heteroatoms. The van der Waals surface area contributed by atoms with Crippen LogP contribution in [0.25, 0.3) is 0 Å². The number of hydrogen-bond donors (Lipinski definition) is 2. The molecular formula is C40H42ClN9O6. The Labute approximate surface area is 328 Å². The molecule has 5 heterocycles. The van der Waals surface area contributed by atoms with Crippen molar-refractivity contribution in [1.82, 2.24) is 30.4 Å². The number of fused-ring (bicyclic) bond motifs is 1. The molecule has 2 atom stereocenters. The summed E-state index contributed by atoms with van der Waals surface area (Å²) < 4.78 is 6.08. The van der Waals surface area contributed by atoms with Gasteiger partial charge in [0.2, 0.25) is 17.8 Å². The lowest BCUT2D eigenvalue weighted by Crippen LogP contribution is -2.54. The van der Waals surface area contributed by atoms with Crippen LogP contribution in [0.4, 0.5) is 11.6 Å². The van der Waals surface area contributed by atoms with Crippen LogP contribution < -0.4 is 25.2 Å². The van der Waals surface area contributed by atoms with Crippen molar-refractivity contribution < 1.29 is 28.7 Å². The molecule has 2 unspecified atom stereocenters. The molecule has 2 aromatic carbocycles. The molecule has 5 aliphatic rings. The number of halogens is 1. The summed E-state index contributed by atoms with van der Waals surface area (Å²) in [6, 6.07) is 11.5. The molecule has 5 amide bonds. The Morgan fingerprint density at radius 2 is 1.64 bits per heavy atom. The third-order valence-corrected chi connectivity index (χ3v) is 11.8. The van der Waals surface area contributed by atoms with E-state index in [1.165, 1.54) is 0 Å². The lowest BCUT2D eigenvalue weighted by atomic mass is 9.92. The topological polar surface area (TPSA) is 181 Å². The molecule has 8 rings (SSSR count). The molecule has 1 aliphatic carbocycles. The van der Waals surface area contributed by atoms with Gasteiger partial charge in [0, 0.05) is 82.4 Å². The zero-order valence-electron chi connectivity index (χ0n) is 30.8. The number of nitrogens with zero attached hydrogens (tertiary/aromatic N) is 7. The van der Waals surface area contributed by atoms with Gasteiger partial charge in [-0.25, -0.2) is 9.97 Å². The summed E-state index contributed by atoms with van der Waals surface area (Å²) in [5, 5.41) is 14.8. The first-order valence-corrected chi connectivity index (χ1v) is 19.6. The Morgan fingerprint density at radius 3 is 2.36 bits per heavy atom. The van der Waals surface area contributed by atoms with Gasteiger partial charge in [0.1, 0.15) is 17.9 Å². The molecule has 3 aromatic rings. The second-order valence-electron chi connectivity index (χ2n) is 15.2. The van der Waals surface area contributed by atoms with E-state index in [-0.39, 0.29) is 36.5 Å². The van der Waals surface area contributed by atoms with E-state index in [1.54, 1.807) is 42.7 Å². The Balaban J connectivity index is 0.769. The van der Waals surface area contributed by atoms with Gasteiger partial charge in [-0.2, -0.15) is 5.26 Å². The third-order valence-electron chi connectivity index (χ3n) is 11.5. The molecule has 1 aromatic heterocycles. The van der Waals surface area contributed by atoms with Crippen LogP contribution in [-0.2, 0) is 9.59 Å². The summed E-state index contributed by atoms with van der Waals surface area (Å²) in [5.74, 6) is -0.497. The van der Waals surface area contributed by atoms with Crippen molar-refractivity contribution in [3.8, 4) is 11.8 Å². The number of piperazine rings is 1. The van der Waals surface area contributed by atoms with Gasteiger partial charge in [0.05, 0.1) is 33.4 Å². The van der Waals surface area contributed by atoms with Crippen LogP contribution in [0.1, 0.15) is 81.6 Å². The number of ether oxygens (including phenoxy) is 1. The van der Waals surface area contributed by atoms with Crippen LogP contribution >= 0.6 is 11.6 Å². The monoisotopic (exact) mass is 779 g/mol. The standard InChI is InChI=1S/C40H42ClN9O6/c41-33-18-30(5-1-25(33)19-42)56-29-6-2-27(3-7-29)45-36(52)26-20-43-40(44-21-26)49-12-11-24(23-49)22-47-13-15-48(16-14-47)28-4-8-31-32(17-28)39(55)50(38(31)54)34-9-10-35(51)46-37(34)53/h1,4-5,8,17-18,20-21,24,27,29,34H,2-3,6-7,9-16,22-23H2,(H,45,52)(H,46,51,53). The molecule has 3 saturated heterocycles. The number of nitriles is 1. The van der Waals surface area contributed by atoms with E-state index in [0.29, 0.717) is 39.3 Å². The fourth-order valence-electron chi connectivity index (χ4n) is 8.42. The van der Waals surface area contributed by atoms with Crippen LogP contribution in [0, 0.1) is 17.2 Å². The lowest BCUT2D eigenvalue weighted by molar-refractivity contribution is -0.136. The number of nitrogens with one attached hydrogen (secondary N) is 2. The zero-order chi connectivity index (χ0) is 38.9. The first-order chi connectivity index (χ1) is 27.1. The maximum absolute atomic E-state index is 13.3. The van der Waals surface area contributed by atoms with Gasteiger partial charge in [-0.1, -0.05) is 11.6 Å². The third kappa shape index (κ3) is 7.76. The lowest BCUT2D eigenvalue weighted by Gasteiger charge is -2.37. The molecule has 0 spiro atoms. The van der Waals surface area contributed by atoms with E-state index >= 15 is 0 Å². The van der Waals surface area contributed by atoms with Gasteiger partial charge in [0.15, 0.2) is 0 Å². The molecule has 15 nitrogen and oxygen atoms in total. The van der Waals surface area contributed by atoms with Gasteiger partial charge in [-0.05, 0) is 74.8 Å². The number of benzene rings is 2. The highest BCUT2D eigenvalue weighted by atomic mass is 35.5. The fraction of sp³-hybridized carbons (Fsp3) is 0.450. The van der Waals surface area contributed by atoms with E-state index in [2.05, 4.69) is 35.3 Å². The largest absolute Gasteiger partial charge is 0.490 e. The fourth-order valence-corrected chi connectivity index (χ4v) is 8.63. The Kier molecular flexibility index (Phi) is 10.6. The van der Waals surface area contributed by atoms with Gasteiger partial charge in [-0.3, -0.25) is 39.1 Å². The Hall–Kier alpha value is -5.59. The van der Waals surface area contributed by atoms with Crippen LogP contribution in [-0.4, -0.2) is 113 Å². The molecule has 2 N–H and O–H groups in total. The molecule has 4 fully saturated rings. The smallest absolute Gasteiger partial charge is 0.262 e. The zero-order valence-corrected chi connectivity index (χ0v) is 31.5. The number of imide groups is 2. The summed E-state index contributed by atoms with van der Waals surface area (Å²) in [4.78, 5) is 80.4. The molecule has 290 valence electrons. The first-order valence-electron chi connectivity index (χ1n) is 19.2. The van der Waals surface area contributed by atoms with E-state index in [4.69, 9.17) is 21.6 Å². The van der Waals surface area contributed by atoms with Crippen molar-refractivity contribution in [1.29, 1.82) is 5.26 Å². The van der Waals surface area contributed by atoms with E-state index in [1.807, 2.05) is 12.1 Å². The number of hydrogen-bond acceptors (Lipinski definition) is 12. The Morgan fingerprint density at radius 1 is 0.893 bits per heavy atom. The van der Waals surface area contributed by atoms with Gasteiger partial charge in [0.25, 0.3) is 17.7 Å². The maximum atomic E-state index is 13.3. The van der Waals surface area contributed by atoms with Crippen molar-refractivity contribution >= 4 is 52.8 Å². The van der Waals surface area contributed by atoms with Crippen LogP contribution in [0.3, 0.4) is 0 Å². The van der Waals surface area contributed by atoms with Crippen LogP contribution in [0.2, 0.25) is 5.02 Å². The average molecular weight is 780 g/mol. The van der Waals surface area contributed by atoms with Crippen LogP contribution in [0.15, 0.2) is 48.8 Å². The number of rotatable bonds is 9. The van der Waals surface area contributed by atoms with Gasteiger partial charge in [-0.15, -0.1) is 0 Å². The molecular weight excluding hydrogens is 738 g/mol. The van der Waals surface area contributed by atoms with Gasteiger partial charge < -0.3 is 19.9 Å². The SMILES string of the molecule is N#Cc1ccc(OC2CCC(NC(=O)c3cnc(N4CCC(CN5CCN(c6ccc7c(c6)C(=O)N(C6CCC(=O)NC6=O)C7=O)CC5)C4)nc3)CC2)cc1Cl. The number of carbonyl (C=O) groups excluding carboxylic acids is 5. The van der Waals surface area contributed by atoms with E-state index in [9.17, 15) is 24.0 Å². The number of piperidine rings is 1. The predicted octanol–water partition coefficient (Wildman–Crippen LogP) is 3.17. The Bertz CT molecular complexity index is 2090. The normalized spacial score (nSPS) is 24.2. The highest BCUT2D eigenvalue weighted by Gasteiger charge is 2.45. The number of amides is 5. The van der Waals surface area contributed by atoms with E-state index < -0.39 is 29.7 Å². The summed E-state index contributed by atoms with van der Waals surface area (Å²) in [7, 11) is 0. The summed E-state index contributed by atoms with van der Waals surface area (Å²) in [6.07, 6.45) is 7.59. The average Bonchev–Trinajstić information content (AvgIpc) is 3.77. The molecule has 56 heavy (non-hydrogen) atoms. The summed E-state index contributed by atoms with van der Waals surface area (Å²) in [6.45, 7) is 5.85. The number of anilines is 2. The minimum atomic E-state index is -0.982. The van der Waals surface area contributed by atoms with Crippen molar-refractivity contribution in [3.63, 3.8) is 0 Å². The van der Waals surface area contributed by atoms with Crippen LogP contribution in [0.5, 0.6) is 5.75 Å². The summed E-state index contributed by atoms with van der Waals surface area (Å²) in [5.41, 5.74) is 2.28. The highest BCUT2D eigenvalue weighted by molar-refractivity contribution is 6.31. The molecule has 1 saturated carbocycles.